The van der Waals surface area contributed by atoms with Crippen LogP contribution in [0.2, 0.25) is 5.02 Å². The highest BCUT2D eigenvalue weighted by atomic mass is 35.5. The van der Waals surface area contributed by atoms with Crippen LogP contribution in [-0.4, -0.2) is 29.1 Å². The fourth-order valence-electron chi connectivity index (χ4n) is 2.34. The van der Waals surface area contributed by atoms with Gasteiger partial charge in [0.1, 0.15) is 0 Å². The van der Waals surface area contributed by atoms with Gasteiger partial charge in [0.2, 0.25) is 0 Å². The van der Waals surface area contributed by atoms with Crippen molar-refractivity contribution in [2.24, 2.45) is 13.0 Å². The number of hydrogen-bond donors (Lipinski definition) is 1. The Morgan fingerprint density at radius 3 is 2.84 bits per heavy atom. The van der Waals surface area contributed by atoms with Crippen molar-refractivity contribution in [3.05, 3.63) is 23.0 Å². The van der Waals surface area contributed by atoms with Crippen LogP contribution in [0.15, 0.2) is 12.3 Å². The molecule has 1 heterocycles. The van der Waals surface area contributed by atoms with Crippen LogP contribution < -0.4 is 5.32 Å². The van der Waals surface area contributed by atoms with Crippen LogP contribution in [0, 0.1) is 5.92 Å². The first-order valence-electron chi connectivity index (χ1n) is 6.86. The quantitative estimate of drug-likeness (QED) is 0.886. The van der Waals surface area contributed by atoms with Gasteiger partial charge in [-0.25, -0.2) is 4.79 Å². The first kappa shape index (κ1) is 14.3. The zero-order chi connectivity index (χ0) is 13.8. The molecule has 1 aliphatic rings. The maximum atomic E-state index is 11.9. The fraction of sp³-hybridized carbons (Fsp3) is 0.643. The van der Waals surface area contributed by atoms with Crippen LogP contribution in [0.3, 0.4) is 0 Å². The Bertz CT molecular complexity index is 440. The number of aryl methyl sites for hydroxylation is 1. The molecule has 2 amide bonds. The molecule has 0 spiro atoms. The lowest BCUT2D eigenvalue weighted by molar-refractivity contribution is 0.203. The summed E-state index contributed by atoms with van der Waals surface area (Å²) in [4.78, 5) is 13.6. The Balaban J connectivity index is 1.73. The fourth-order valence-corrected chi connectivity index (χ4v) is 2.61. The topological polar surface area (TPSA) is 37.3 Å². The predicted octanol–water partition coefficient (Wildman–Crippen LogP) is 3.01. The lowest BCUT2D eigenvalue weighted by Gasteiger charge is -2.26. The van der Waals surface area contributed by atoms with E-state index in [0.29, 0.717) is 11.6 Å². The number of urea groups is 1. The third kappa shape index (κ3) is 3.90. The molecule has 0 aliphatic heterocycles. The number of carbonyl (C=O) groups is 1. The van der Waals surface area contributed by atoms with Gasteiger partial charge in [-0.1, -0.05) is 30.9 Å². The molecule has 5 heteroatoms. The van der Waals surface area contributed by atoms with E-state index in [1.54, 1.807) is 11.9 Å². The first-order valence-corrected chi connectivity index (χ1v) is 7.24. The van der Waals surface area contributed by atoms with Crippen LogP contribution in [0.25, 0.3) is 0 Å². The van der Waals surface area contributed by atoms with Gasteiger partial charge >= 0.3 is 6.03 Å². The molecule has 0 aromatic carbocycles. The summed E-state index contributed by atoms with van der Waals surface area (Å²) in [5.41, 5.74) is 1.03. The molecular formula is C14H22ClN3O. The van der Waals surface area contributed by atoms with Gasteiger partial charge in [-0.15, -0.1) is 0 Å². The summed E-state index contributed by atoms with van der Waals surface area (Å²) in [6, 6.07) is 1.87. The van der Waals surface area contributed by atoms with E-state index in [1.165, 1.54) is 19.3 Å². The highest BCUT2D eigenvalue weighted by Crippen LogP contribution is 2.28. The third-order valence-corrected chi connectivity index (χ3v) is 4.08. The summed E-state index contributed by atoms with van der Waals surface area (Å²) in [7, 11) is 3.74. The van der Waals surface area contributed by atoms with Crippen molar-refractivity contribution in [3.63, 3.8) is 0 Å². The molecule has 0 atom stereocenters. The Labute approximate surface area is 119 Å². The van der Waals surface area contributed by atoms with E-state index >= 15 is 0 Å². The van der Waals surface area contributed by atoms with Crippen LogP contribution in [0.1, 0.15) is 31.4 Å². The number of rotatable bonds is 5. The van der Waals surface area contributed by atoms with Crippen molar-refractivity contribution in [1.29, 1.82) is 0 Å². The molecule has 0 saturated heterocycles. The number of aromatic nitrogens is 1. The minimum Gasteiger partial charge on any atom is -0.351 e. The van der Waals surface area contributed by atoms with Crippen molar-refractivity contribution in [1.82, 2.24) is 14.8 Å². The normalized spacial score (nSPS) is 15.1. The average Bonchev–Trinajstić information content (AvgIpc) is 2.60. The number of nitrogens with zero attached hydrogens (tertiary/aromatic N) is 2. The molecule has 1 fully saturated rings. The summed E-state index contributed by atoms with van der Waals surface area (Å²) < 4.78 is 1.94. The monoisotopic (exact) mass is 283 g/mol. The molecule has 19 heavy (non-hydrogen) atoms. The predicted molar refractivity (Wildman–Crippen MR) is 77.2 cm³/mol. The molecule has 1 N–H and O–H groups in total. The van der Waals surface area contributed by atoms with E-state index in [9.17, 15) is 4.79 Å². The second kappa shape index (κ2) is 6.33. The molecule has 0 bridgehead atoms. The molecule has 0 unspecified atom stereocenters. The van der Waals surface area contributed by atoms with Gasteiger partial charge < -0.3 is 14.8 Å². The maximum absolute atomic E-state index is 11.9. The number of carbonyl (C=O) groups excluding carboxylic acids is 1. The van der Waals surface area contributed by atoms with Gasteiger partial charge in [-0.3, -0.25) is 0 Å². The molecule has 1 aliphatic carbocycles. The standard InChI is InChI=1S/C14H22ClN3O/c1-17-9-12(15)8-13(17)10-18(2)14(19)16-7-6-11-4-3-5-11/h8-9,11H,3-7,10H2,1-2H3,(H,16,19). The maximum Gasteiger partial charge on any atom is 0.317 e. The number of nitrogens with one attached hydrogen (secondary N) is 1. The number of halogens is 1. The van der Waals surface area contributed by atoms with Crippen LogP contribution in [0.4, 0.5) is 4.79 Å². The lowest BCUT2D eigenvalue weighted by Crippen LogP contribution is -2.38. The summed E-state index contributed by atoms with van der Waals surface area (Å²) in [6.07, 6.45) is 6.96. The van der Waals surface area contributed by atoms with Crippen molar-refractivity contribution in [3.8, 4) is 0 Å². The van der Waals surface area contributed by atoms with Gasteiger partial charge in [0.05, 0.1) is 11.6 Å². The van der Waals surface area contributed by atoms with Gasteiger partial charge in [0.25, 0.3) is 0 Å². The number of amides is 2. The van der Waals surface area contributed by atoms with Gasteiger partial charge in [0, 0.05) is 32.5 Å². The van der Waals surface area contributed by atoms with Crippen molar-refractivity contribution in [2.75, 3.05) is 13.6 Å². The van der Waals surface area contributed by atoms with E-state index < -0.39 is 0 Å². The Kier molecular flexibility index (Phi) is 4.75. The largest absolute Gasteiger partial charge is 0.351 e. The molecule has 1 saturated carbocycles. The van der Waals surface area contributed by atoms with E-state index in [2.05, 4.69) is 5.32 Å². The minimum atomic E-state index is -0.0170. The highest BCUT2D eigenvalue weighted by molar-refractivity contribution is 6.30. The van der Waals surface area contributed by atoms with Crippen molar-refractivity contribution < 1.29 is 4.79 Å². The zero-order valence-corrected chi connectivity index (χ0v) is 12.4. The van der Waals surface area contributed by atoms with Gasteiger partial charge in [-0.2, -0.15) is 0 Å². The second-order valence-corrected chi connectivity index (χ2v) is 5.87. The smallest absolute Gasteiger partial charge is 0.317 e. The molecular weight excluding hydrogens is 262 g/mol. The Morgan fingerprint density at radius 1 is 1.58 bits per heavy atom. The minimum absolute atomic E-state index is 0.0170. The number of hydrogen-bond acceptors (Lipinski definition) is 1. The third-order valence-electron chi connectivity index (χ3n) is 3.87. The van der Waals surface area contributed by atoms with E-state index in [1.807, 2.05) is 23.9 Å². The van der Waals surface area contributed by atoms with Crippen LogP contribution >= 0.6 is 11.6 Å². The molecule has 4 nitrogen and oxygen atoms in total. The van der Waals surface area contributed by atoms with E-state index in [0.717, 1.165) is 24.6 Å². The Morgan fingerprint density at radius 2 is 2.32 bits per heavy atom. The van der Waals surface area contributed by atoms with E-state index in [-0.39, 0.29) is 6.03 Å². The molecule has 2 rings (SSSR count). The van der Waals surface area contributed by atoms with Gasteiger partial charge in [-0.05, 0) is 18.4 Å². The lowest BCUT2D eigenvalue weighted by atomic mass is 9.83. The van der Waals surface area contributed by atoms with Crippen molar-refractivity contribution >= 4 is 17.6 Å². The summed E-state index contributed by atoms with van der Waals surface area (Å²) in [5.74, 6) is 0.831. The molecule has 1 aromatic rings. The average molecular weight is 284 g/mol. The Hall–Kier alpha value is -1.16. The molecule has 1 aromatic heterocycles. The van der Waals surface area contributed by atoms with Crippen LogP contribution in [0.5, 0.6) is 0 Å². The van der Waals surface area contributed by atoms with Gasteiger partial charge in [0.15, 0.2) is 0 Å². The molecule has 106 valence electrons. The summed E-state index contributed by atoms with van der Waals surface area (Å²) in [6.45, 7) is 1.35. The second-order valence-electron chi connectivity index (χ2n) is 5.43. The zero-order valence-electron chi connectivity index (χ0n) is 11.7. The van der Waals surface area contributed by atoms with Crippen LogP contribution in [-0.2, 0) is 13.6 Å². The SMILES string of the molecule is CN(Cc1cc(Cl)cn1C)C(=O)NCCC1CCC1. The first-order chi connectivity index (χ1) is 9.06. The molecule has 0 radical (unpaired) electrons. The summed E-state index contributed by atoms with van der Waals surface area (Å²) >= 11 is 5.93. The summed E-state index contributed by atoms with van der Waals surface area (Å²) in [5, 5.41) is 3.68. The van der Waals surface area contributed by atoms with Crippen molar-refractivity contribution in [2.45, 2.75) is 32.2 Å². The van der Waals surface area contributed by atoms with E-state index in [4.69, 9.17) is 11.6 Å². The highest BCUT2D eigenvalue weighted by Gasteiger charge is 2.17.